The van der Waals surface area contributed by atoms with Crippen molar-refractivity contribution in [3.63, 3.8) is 0 Å². The Kier molecular flexibility index (Phi) is 7.41. The zero-order valence-electron chi connectivity index (χ0n) is 12.9. The Bertz CT molecular complexity index is 470. The van der Waals surface area contributed by atoms with Crippen molar-refractivity contribution in [2.75, 3.05) is 13.1 Å². The van der Waals surface area contributed by atoms with Crippen LogP contribution in [-0.2, 0) is 4.79 Å². The Morgan fingerprint density at radius 3 is 2.77 bits per heavy atom. The SMILES string of the molecule is CC(C)C(NC(=O)c1ccco1)C(=O)NCC1CCCN1.Cl. The minimum Gasteiger partial charge on any atom is -0.459 e. The van der Waals surface area contributed by atoms with Crippen molar-refractivity contribution in [3.05, 3.63) is 24.2 Å². The van der Waals surface area contributed by atoms with Gasteiger partial charge in [-0.2, -0.15) is 0 Å². The molecule has 1 aromatic heterocycles. The summed E-state index contributed by atoms with van der Waals surface area (Å²) in [6, 6.07) is 2.99. The van der Waals surface area contributed by atoms with Crippen LogP contribution in [0.5, 0.6) is 0 Å². The first-order chi connectivity index (χ1) is 10.1. The van der Waals surface area contributed by atoms with Crippen LogP contribution in [-0.4, -0.2) is 37.0 Å². The smallest absolute Gasteiger partial charge is 0.287 e. The number of amides is 2. The molecule has 22 heavy (non-hydrogen) atoms. The molecule has 1 aliphatic heterocycles. The highest BCUT2D eigenvalue weighted by Crippen LogP contribution is 2.07. The molecule has 3 N–H and O–H groups in total. The molecule has 0 aromatic carbocycles. The monoisotopic (exact) mass is 329 g/mol. The van der Waals surface area contributed by atoms with Gasteiger partial charge in [0, 0.05) is 12.6 Å². The molecular formula is C15H24ClN3O3. The molecule has 2 atom stereocenters. The maximum absolute atomic E-state index is 12.3. The zero-order valence-corrected chi connectivity index (χ0v) is 13.7. The maximum atomic E-state index is 12.3. The van der Waals surface area contributed by atoms with Gasteiger partial charge in [-0.3, -0.25) is 9.59 Å². The second-order valence-electron chi connectivity index (χ2n) is 5.71. The van der Waals surface area contributed by atoms with E-state index in [2.05, 4.69) is 16.0 Å². The molecular weight excluding hydrogens is 306 g/mol. The Labute approximate surface area is 136 Å². The number of halogens is 1. The third-order valence-electron chi connectivity index (χ3n) is 3.67. The van der Waals surface area contributed by atoms with Crippen LogP contribution in [0.15, 0.2) is 22.8 Å². The largest absolute Gasteiger partial charge is 0.459 e. The number of nitrogens with one attached hydrogen (secondary N) is 3. The third-order valence-corrected chi connectivity index (χ3v) is 3.67. The molecule has 124 valence electrons. The van der Waals surface area contributed by atoms with Crippen LogP contribution in [0, 0.1) is 5.92 Å². The normalized spacial score (nSPS) is 18.6. The molecule has 6 nitrogen and oxygen atoms in total. The van der Waals surface area contributed by atoms with Gasteiger partial charge in [0.15, 0.2) is 5.76 Å². The molecule has 2 amide bonds. The first-order valence-electron chi connectivity index (χ1n) is 7.43. The zero-order chi connectivity index (χ0) is 15.2. The van der Waals surface area contributed by atoms with Crippen molar-refractivity contribution in [1.29, 1.82) is 0 Å². The van der Waals surface area contributed by atoms with Crippen LogP contribution >= 0.6 is 12.4 Å². The molecule has 2 rings (SSSR count). The molecule has 0 spiro atoms. The summed E-state index contributed by atoms with van der Waals surface area (Å²) < 4.78 is 5.04. The van der Waals surface area contributed by atoms with Crippen molar-refractivity contribution in [1.82, 2.24) is 16.0 Å². The number of rotatable bonds is 6. The molecule has 0 radical (unpaired) electrons. The summed E-state index contributed by atoms with van der Waals surface area (Å²) in [7, 11) is 0. The number of hydrogen-bond donors (Lipinski definition) is 3. The standard InChI is InChI=1S/C15H23N3O3.ClH/c1-10(2)13(18-14(19)12-6-4-8-21-12)15(20)17-9-11-5-3-7-16-11;/h4,6,8,10-11,13,16H,3,5,7,9H2,1-2H3,(H,17,20)(H,18,19);1H. The number of hydrogen-bond acceptors (Lipinski definition) is 4. The average Bonchev–Trinajstić information content (AvgIpc) is 3.13. The van der Waals surface area contributed by atoms with Gasteiger partial charge in [-0.25, -0.2) is 0 Å². The summed E-state index contributed by atoms with van der Waals surface area (Å²) in [5.41, 5.74) is 0. The Hall–Kier alpha value is -1.53. The fourth-order valence-electron chi connectivity index (χ4n) is 2.42. The summed E-state index contributed by atoms with van der Waals surface area (Å²) in [6.07, 6.45) is 3.65. The molecule has 2 heterocycles. The molecule has 2 unspecified atom stereocenters. The van der Waals surface area contributed by atoms with Crippen molar-refractivity contribution in [3.8, 4) is 0 Å². The van der Waals surface area contributed by atoms with Crippen LogP contribution in [0.25, 0.3) is 0 Å². The van der Waals surface area contributed by atoms with Gasteiger partial charge in [0.1, 0.15) is 6.04 Å². The van der Waals surface area contributed by atoms with Gasteiger partial charge in [-0.15, -0.1) is 12.4 Å². The van der Waals surface area contributed by atoms with Crippen molar-refractivity contribution in [2.45, 2.75) is 38.8 Å². The second-order valence-corrected chi connectivity index (χ2v) is 5.71. The summed E-state index contributed by atoms with van der Waals surface area (Å²) in [4.78, 5) is 24.3. The average molecular weight is 330 g/mol. The first kappa shape index (κ1) is 18.5. The van der Waals surface area contributed by atoms with Crippen molar-refractivity contribution in [2.24, 2.45) is 5.92 Å². The lowest BCUT2D eigenvalue weighted by molar-refractivity contribution is -0.124. The van der Waals surface area contributed by atoms with Gasteiger partial charge in [-0.1, -0.05) is 13.8 Å². The molecule has 1 aromatic rings. The maximum Gasteiger partial charge on any atom is 0.287 e. The fraction of sp³-hybridized carbons (Fsp3) is 0.600. The highest BCUT2D eigenvalue weighted by Gasteiger charge is 2.26. The summed E-state index contributed by atoms with van der Waals surface area (Å²) in [6.45, 7) is 5.41. The molecule has 1 aliphatic rings. The number of furan rings is 1. The highest BCUT2D eigenvalue weighted by molar-refractivity contribution is 5.95. The lowest BCUT2D eigenvalue weighted by Gasteiger charge is -2.22. The lowest BCUT2D eigenvalue weighted by atomic mass is 10.0. The van der Waals surface area contributed by atoms with Crippen LogP contribution in [0.3, 0.4) is 0 Å². The topological polar surface area (TPSA) is 83.4 Å². The molecule has 1 saturated heterocycles. The summed E-state index contributed by atoms with van der Waals surface area (Å²) >= 11 is 0. The van der Waals surface area contributed by atoms with Gasteiger partial charge in [0.25, 0.3) is 5.91 Å². The fourth-order valence-corrected chi connectivity index (χ4v) is 2.42. The van der Waals surface area contributed by atoms with E-state index >= 15 is 0 Å². The Morgan fingerprint density at radius 1 is 1.45 bits per heavy atom. The number of carbonyl (C=O) groups excluding carboxylic acids is 2. The van der Waals surface area contributed by atoms with Crippen LogP contribution in [0.2, 0.25) is 0 Å². The molecule has 0 saturated carbocycles. The second kappa shape index (κ2) is 8.80. The number of carbonyl (C=O) groups is 2. The van der Waals surface area contributed by atoms with E-state index in [4.69, 9.17) is 4.42 Å². The third kappa shape index (κ3) is 5.03. The van der Waals surface area contributed by atoms with Gasteiger partial charge in [-0.05, 0) is 37.4 Å². The Balaban J connectivity index is 0.00000242. The van der Waals surface area contributed by atoms with E-state index in [-0.39, 0.29) is 35.9 Å². The van der Waals surface area contributed by atoms with Crippen LogP contribution in [0.1, 0.15) is 37.2 Å². The minimum absolute atomic E-state index is 0. The minimum atomic E-state index is -0.566. The van der Waals surface area contributed by atoms with Gasteiger partial charge >= 0.3 is 0 Å². The van der Waals surface area contributed by atoms with E-state index in [0.29, 0.717) is 12.6 Å². The quantitative estimate of drug-likeness (QED) is 0.735. The molecule has 7 heteroatoms. The van der Waals surface area contributed by atoms with Crippen molar-refractivity contribution < 1.29 is 14.0 Å². The van der Waals surface area contributed by atoms with Gasteiger partial charge < -0.3 is 20.4 Å². The van der Waals surface area contributed by atoms with Gasteiger partial charge in [0.05, 0.1) is 6.26 Å². The van der Waals surface area contributed by atoms with E-state index in [0.717, 1.165) is 19.4 Å². The first-order valence-corrected chi connectivity index (χ1v) is 7.43. The highest BCUT2D eigenvalue weighted by atomic mass is 35.5. The Morgan fingerprint density at radius 2 is 2.23 bits per heavy atom. The van der Waals surface area contributed by atoms with E-state index < -0.39 is 6.04 Å². The van der Waals surface area contributed by atoms with E-state index in [9.17, 15) is 9.59 Å². The van der Waals surface area contributed by atoms with E-state index in [1.807, 2.05) is 13.8 Å². The molecule has 0 aliphatic carbocycles. The lowest BCUT2D eigenvalue weighted by Crippen LogP contribution is -2.51. The molecule has 0 bridgehead atoms. The van der Waals surface area contributed by atoms with E-state index in [1.165, 1.54) is 6.26 Å². The predicted molar refractivity (Wildman–Crippen MR) is 86.1 cm³/mol. The summed E-state index contributed by atoms with van der Waals surface area (Å²) in [5, 5.41) is 8.96. The predicted octanol–water partition coefficient (Wildman–Crippen LogP) is 1.32. The van der Waals surface area contributed by atoms with Crippen molar-refractivity contribution >= 4 is 24.2 Å². The van der Waals surface area contributed by atoms with E-state index in [1.54, 1.807) is 12.1 Å². The van der Waals surface area contributed by atoms with Gasteiger partial charge in [0.2, 0.25) is 5.91 Å². The molecule has 1 fully saturated rings. The van der Waals surface area contributed by atoms with Crippen LogP contribution < -0.4 is 16.0 Å². The van der Waals surface area contributed by atoms with Crippen LogP contribution in [0.4, 0.5) is 0 Å². The summed E-state index contributed by atoms with van der Waals surface area (Å²) in [5.74, 6) is -0.308.